The molecule has 1 amide bonds. The number of carbonyl (C=O) groups is 1. The van der Waals surface area contributed by atoms with Crippen molar-refractivity contribution in [2.45, 2.75) is 13.3 Å². The maximum Gasteiger partial charge on any atom is 0.267 e. The molecule has 0 aliphatic carbocycles. The molecule has 146 valence electrons. The molecule has 0 fully saturated rings. The van der Waals surface area contributed by atoms with E-state index in [0.717, 1.165) is 28.0 Å². The Kier molecular flexibility index (Phi) is 5.69. The molecular weight excluding hydrogens is 400 g/mol. The number of benzene rings is 2. The van der Waals surface area contributed by atoms with Gasteiger partial charge < -0.3 is 5.32 Å². The summed E-state index contributed by atoms with van der Waals surface area (Å²) in [5.74, 6) is -0.206. The first-order valence-electron chi connectivity index (χ1n) is 9.29. The molecule has 0 spiro atoms. The Balaban J connectivity index is 1.43. The highest BCUT2D eigenvalue weighted by Gasteiger charge is 2.17. The summed E-state index contributed by atoms with van der Waals surface area (Å²) >= 11 is 6.69. The molecule has 0 unspecified atom stereocenters. The van der Waals surface area contributed by atoms with Gasteiger partial charge in [-0.2, -0.15) is 5.10 Å². The highest BCUT2D eigenvalue weighted by atomic mass is 32.1. The van der Waals surface area contributed by atoms with E-state index in [4.69, 9.17) is 12.2 Å². The standard InChI is InChI=1S/C22H20N4OS2/c1-15-18-14-19(29-21(18)26(25-15)17-10-6-3-7-11-17)20(27)24-22(28)23-13-12-16-8-4-2-5-9-16/h2-11,14H,12-13H2,1H3,(H2,23,24,27,28). The van der Waals surface area contributed by atoms with E-state index in [2.05, 4.69) is 27.9 Å². The summed E-state index contributed by atoms with van der Waals surface area (Å²) in [6.45, 7) is 2.61. The van der Waals surface area contributed by atoms with Crippen molar-refractivity contribution in [3.63, 3.8) is 0 Å². The predicted octanol–water partition coefficient (Wildman–Crippen LogP) is 4.24. The van der Waals surface area contributed by atoms with Crippen LogP contribution in [0.25, 0.3) is 15.9 Å². The Morgan fingerprint density at radius 1 is 1.10 bits per heavy atom. The van der Waals surface area contributed by atoms with Gasteiger partial charge in [0.1, 0.15) is 4.83 Å². The quantitative estimate of drug-likeness (QED) is 0.474. The molecule has 0 radical (unpaired) electrons. The van der Waals surface area contributed by atoms with Crippen LogP contribution in [0.3, 0.4) is 0 Å². The molecule has 2 N–H and O–H groups in total. The van der Waals surface area contributed by atoms with Gasteiger partial charge in [-0.15, -0.1) is 11.3 Å². The van der Waals surface area contributed by atoms with E-state index < -0.39 is 0 Å². The number of rotatable bonds is 5. The number of nitrogens with one attached hydrogen (secondary N) is 2. The van der Waals surface area contributed by atoms with Crippen molar-refractivity contribution < 1.29 is 4.79 Å². The van der Waals surface area contributed by atoms with Gasteiger partial charge in [-0.1, -0.05) is 48.5 Å². The van der Waals surface area contributed by atoms with Crippen LogP contribution in [0.5, 0.6) is 0 Å². The molecule has 4 rings (SSSR count). The normalized spacial score (nSPS) is 10.8. The molecule has 0 aliphatic heterocycles. The summed E-state index contributed by atoms with van der Waals surface area (Å²) in [6, 6.07) is 21.9. The van der Waals surface area contributed by atoms with Crippen molar-refractivity contribution in [1.29, 1.82) is 0 Å². The Morgan fingerprint density at radius 3 is 2.52 bits per heavy atom. The van der Waals surface area contributed by atoms with Gasteiger partial charge in [0.25, 0.3) is 5.91 Å². The summed E-state index contributed by atoms with van der Waals surface area (Å²) in [5.41, 5.74) is 3.08. The molecule has 0 atom stereocenters. The van der Waals surface area contributed by atoms with Gasteiger partial charge in [-0.25, -0.2) is 4.68 Å². The molecule has 2 aromatic carbocycles. The van der Waals surface area contributed by atoms with Crippen LogP contribution in [0.15, 0.2) is 66.7 Å². The van der Waals surface area contributed by atoms with Crippen molar-refractivity contribution >= 4 is 44.8 Å². The zero-order valence-corrected chi connectivity index (χ0v) is 17.5. The lowest BCUT2D eigenvalue weighted by molar-refractivity contribution is 0.0980. The minimum atomic E-state index is -0.206. The summed E-state index contributed by atoms with van der Waals surface area (Å²) in [6.07, 6.45) is 0.839. The molecule has 4 aromatic rings. The summed E-state index contributed by atoms with van der Waals surface area (Å²) in [7, 11) is 0. The second-order valence-corrected chi connectivity index (χ2v) is 8.05. The average Bonchev–Trinajstić information content (AvgIpc) is 3.30. The van der Waals surface area contributed by atoms with E-state index in [1.807, 2.05) is 66.2 Å². The monoisotopic (exact) mass is 420 g/mol. The first kappa shape index (κ1) is 19.3. The molecule has 0 aliphatic rings. The van der Waals surface area contributed by atoms with Gasteiger partial charge >= 0.3 is 0 Å². The minimum absolute atomic E-state index is 0.206. The number of aryl methyl sites for hydroxylation is 1. The third-order valence-corrected chi connectivity index (χ3v) is 5.89. The number of hydrogen-bond acceptors (Lipinski definition) is 4. The molecule has 5 nitrogen and oxygen atoms in total. The van der Waals surface area contributed by atoms with Crippen molar-refractivity contribution in [2.24, 2.45) is 0 Å². The number of thiocarbonyl (C=S) groups is 1. The minimum Gasteiger partial charge on any atom is -0.362 e. The second-order valence-electron chi connectivity index (χ2n) is 6.61. The first-order valence-corrected chi connectivity index (χ1v) is 10.5. The number of para-hydroxylation sites is 1. The highest BCUT2D eigenvalue weighted by Crippen LogP contribution is 2.30. The molecule has 2 heterocycles. The van der Waals surface area contributed by atoms with Gasteiger partial charge in [-0.3, -0.25) is 10.1 Å². The maximum atomic E-state index is 12.7. The van der Waals surface area contributed by atoms with Crippen LogP contribution in [-0.4, -0.2) is 27.3 Å². The van der Waals surface area contributed by atoms with Gasteiger partial charge in [0, 0.05) is 11.9 Å². The topological polar surface area (TPSA) is 59.0 Å². The molecular formula is C22H20N4OS2. The Bertz CT molecular complexity index is 1150. The van der Waals surface area contributed by atoms with E-state index in [9.17, 15) is 4.79 Å². The number of thiophene rings is 1. The van der Waals surface area contributed by atoms with Crippen LogP contribution in [-0.2, 0) is 6.42 Å². The molecule has 0 bridgehead atoms. The zero-order chi connectivity index (χ0) is 20.2. The second kappa shape index (κ2) is 8.55. The fraction of sp³-hybridized carbons (Fsp3) is 0.136. The summed E-state index contributed by atoms with van der Waals surface area (Å²) < 4.78 is 1.88. The van der Waals surface area contributed by atoms with Crippen LogP contribution < -0.4 is 10.6 Å². The van der Waals surface area contributed by atoms with Crippen molar-refractivity contribution in [3.05, 3.63) is 82.9 Å². The number of amides is 1. The van der Waals surface area contributed by atoms with E-state index in [0.29, 0.717) is 16.5 Å². The summed E-state index contributed by atoms with van der Waals surface area (Å²) in [5, 5.41) is 11.8. The van der Waals surface area contributed by atoms with E-state index in [-0.39, 0.29) is 5.91 Å². The van der Waals surface area contributed by atoms with E-state index in [1.165, 1.54) is 16.9 Å². The van der Waals surface area contributed by atoms with Crippen LogP contribution in [0.1, 0.15) is 20.9 Å². The average molecular weight is 421 g/mol. The highest BCUT2D eigenvalue weighted by molar-refractivity contribution is 7.80. The van der Waals surface area contributed by atoms with Gasteiger partial charge in [-0.05, 0) is 49.3 Å². The number of aromatic nitrogens is 2. The Labute approximate surface area is 178 Å². The van der Waals surface area contributed by atoms with Gasteiger partial charge in [0.2, 0.25) is 0 Å². The number of carbonyl (C=O) groups excluding carboxylic acids is 1. The fourth-order valence-electron chi connectivity index (χ4n) is 3.08. The van der Waals surface area contributed by atoms with Gasteiger partial charge in [0.05, 0.1) is 16.3 Å². The van der Waals surface area contributed by atoms with Gasteiger partial charge in [0.15, 0.2) is 5.11 Å². The Morgan fingerprint density at radius 2 is 1.79 bits per heavy atom. The number of nitrogens with zero attached hydrogens (tertiary/aromatic N) is 2. The molecule has 2 aromatic heterocycles. The SMILES string of the molecule is Cc1nn(-c2ccccc2)c2sc(C(=O)NC(=S)NCCc3ccccc3)cc12. The molecule has 0 saturated heterocycles. The lowest BCUT2D eigenvalue weighted by Gasteiger charge is -2.08. The van der Waals surface area contributed by atoms with Crippen molar-refractivity contribution in [1.82, 2.24) is 20.4 Å². The lowest BCUT2D eigenvalue weighted by atomic mass is 10.1. The Hall–Kier alpha value is -3.03. The van der Waals surface area contributed by atoms with Crippen LogP contribution in [0.4, 0.5) is 0 Å². The molecule has 7 heteroatoms. The van der Waals surface area contributed by atoms with Crippen LogP contribution >= 0.6 is 23.6 Å². The predicted molar refractivity (Wildman–Crippen MR) is 122 cm³/mol. The summed E-state index contributed by atoms with van der Waals surface area (Å²) in [4.78, 5) is 14.2. The largest absolute Gasteiger partial charge is 0.362 e. The lowest BCUT2D eigenvalue weighted by Crippen LogP contribution is -2.39. The van der Waals surface area contributed by atoms with E-state index in [1.54, 1.807) is 0 Å². The van der Waals surface area contributed by atoms with Crippen LogP contribution in [0, 0.1) is 6.92 Å². The maximum absolute atomic E-state index is 12.7. The third kappa shape index (κ3) is 4.36. The fourth-order valence-corrected chi connectivity index (χ4v) is 4.35. The number of hydrogen-bond donors (Lipinski definition) is 2. The van der Waals surface area contributed by atoms with E-state index >= 15 is 0 Å². The van der Waals surface area contributed by atoms with Crippen LogP contribution in [0.2, 0.25) is 0 Å². The van der Waals surface area contributed by atoms with Crippen molar-refractivity contribution in [2.75, 3.05) is 6.54 Å². The zero-order valence-electron chi connectivity index (χ0n) is 15.9. The first-order chi connectivity index (χ1) is 14.1. The molecule has 29 heavy (non-hydrogen) atoms. The molecule has 0 saturated carbocycles. The smallest absolute Gasteiger partial charge is 0.267 e. The number of fused-ring (bicyclic) bond motifs is 1. The third-order valence-electron chi connectivity index (χ3n) is 4.54. The van der Waals surface area contributed by atoms with Crippen molar-refractivity contribution in [3.8, 4) is 5.69 Å².